The molecule has 4 heterocycles. The zero-order valence-electron chi connectivity index (χ0n) is 16.8. The van der Waals surface area contributed by atoms with Crippen LogP contribution < -0.4 is 0 Å². The van der Waals surface area contributed by atoms with Crippen LogP contribution in [0.3, 0.4) is 0 Å². The summed E-state index contributed by atoms with van der Waals surface area (Å²) in [6, 6.07) is 3.62. The number of likely N-dealkylation sites (N-methyl/N-ethyl adjacent to an activating group) is 1. The maximum absolute atomic E-state index is 12.5. The van der Waals surface area contributed by atoms with Crippen molar-refractivity contribution in [3.63, 3.8) is 0 Å². The van der Waals surface area contributed by atoms with Crippen LogP contribution in [0.2, 0.25) is 0 Å². The third kappa shape index (κ3) is 4.51. The van der Waals surface area contributed by atoms with Crippen LogP contribution in [-0.2, 0) is 16.1 Å². The van der Waals surface area contributed by atoms with Gasteiger partial charge in [-0.05, 0) is 17.9 Å². The predicted octanol–water partition coefficient (Wildman–Crippen LogP) is 1.12. The number of amides is 4. The summed E-state index contributed by atoms with van der Waals surface area (Å²) in [4.78, 5) is 48.2. The van der Waals surface area contributed by atoms with Gasteiger partial charge in [-0.3, -0.25) is 19.4 Å². The second kappa shape index (κ2) is 8.92. The maximum Gasteiger partial charge on any atom is 0.326 e. The van der Waals surface area contributed by atoms with Gasteiger partial charge in [-0.1, -0.05) is 11.2 Å². The number of piperazine rings is 1. The Bertz CT molecular complexity index is 906. The molecule has 30 heavy (non-hydrogen) atoms. The summed E-state index contributed by atoms with van der Waals surface area (Å²) in [7, 11) is 1.60. The fraction of sp³-hybridized carbons (Fsp3) is 0.526. The number of thiophene rings is 1. The Hall–Kier alpha value is -2.79. The zero-order chi connectivity index (χ0) is 21.1. The molecule has 0 N–H and O–H groups in total. The summed E-state index contributed by atoms with van der Waals surface area (Å²) in [5.74, 6) is 1.03. The maximum atomic E-state index is 12.5. The Morgan fingerprint density at radius 2 is 2.03 bits per heavy atom. The third-order valence-electron chi connectivity index (χ3n) is 5.30. The molecule has 11 heteroatoms. The molecule has 4 rings (SSSR count). The third-order valence-corrected chi connectivity index (χ3v) is 6.16. The van der Waals surface area contributed by atoms with Crippen LogP contribution in [0.4, 0.5) is 4.79 Å². The van der Waals surface area contributed by atoms with Gasteiger partial charge in [0.25, 0.3) is 0 Å². The normalized spacial score (nSPS) is 18.0. The van der Waals surface area contributed by atoms with Crippen molar-refractivity contribution in [3.8, 4) is 10.7 Å². The van der Waals surface area contributed by atoms with Gasteiger partial charge in [-0.25, -0.2) is 4.79 Å². The second-order valence-electron chi connectivity index (χ2n) is 7.43. The lowest BCUT2D eigenvalue weighted by molar-refractivity contribution is -0.133. The van der Waals surface area contributed by atoms with E-state index in [9.17, 15) is 14.4 Å². The number of carbonyl (C=O) groups excluding carboxylic acids is 3. The van der Waals surface area contributed by atoms with Crippen molar-refractivity contribution in [2.45, 2.75) is 19.4 Å². The lowest BCUT2D eigenvalue weighted by Gasteiger charge is -2.34. The monoisotopic (exact) mass is 432 g/mol. The molecule has 2 saturated heterocycles. The van der Waals surface area contributed by atoms with Gasteiger partial charge in [0.15, 0.2) is 0 Å². The number of urea groups is 1. The first-order valence-electron chi connectivity index (χ1n) is 9.93. The summed E-state index contributed by atoms with van der Waals surface area (Å²) in [6.45, 7) is 3.70. The van der Waals surface area contributed by atoms with E-state index in [0.717, 1.165) is 18.0 Å². The fourth-order valence-electron chi connectivity index (χ4n) is 3.61. The van der Waals surface area contributed by atoms with E-state index in [2.05, 4.69) is 15.0 Å². The second-order valence-corrected chi connectivity index (χ2v) is 8.38. The molecule has 2 aromatic rings. The van der Waals surface area contributed by atoms with Gasteiger partial charge in [0.1, 0.15) is 6.54 Å². The van der Waals surface area contributed by atoms with Crippen LogP contribution in [-0.4, -0.2) is 93.9 Å². The first-order valence-corrected chi connectivity index (χ1v) is 10.8. The summed E-state index contributed by atoms with van der Waals surface area (Å²) in [5, 5.41) is 6.00. The molecule has 160 valence electrons. The number of aromatic nitrogens is 2. The highest BCUT2D eigenvalue weighted by Gasteiger charge is 2.33. The zero-order valence-corrected chi connectivity index (χ0v) is 17.6. The molecule has 10 nitrogen and oxygen atoms in total. The first kappa shape index (κ1) is 20.5. The number of imide groups is 1. The molecule has 0 atom stereocenters. The lowest BCUT2D eigenvalue weighted by atomic mass is 10.2. The summed E-state index contributed by atoms with van der Waals surface area (Å²) in [5.41, 5.74) is 0. The minimum absolute atomic E-state index is 0.0554. The molecule has 0 bridgehead atoms. The van der Waals surface area contributed by atoms with E-state index >= 15 is 0 Å². The molecule has 0 radical (unpaired) electrons. The molecule has 4 amide bonds. The van der Waals surface area contributed by atoms with E-state index in [1.54, 1.807) is 18.4 Å². The van der Waals surface area contributed by atoms with Crippen LogP contribution in [0.5, 0.6) is 0 Å². The van der Waals surface area contributed by atoms with E-state index in [-0.39, 0.29) is 30.9 Å². The van der Waals surface area contributed by atoms with E-state index in [0.29, 0.717) is 44.2 Å². The molecule has 0 spiro atoms. The molecule has 2 aromatic heterocycles. The van der Waals surface area contributed by atoms with Gasteiger partial charge < -0.3 is 14.3 Å². The lowest BCUT2D eigenvalue weighted by Crippen LogP contribution is -2.48. The number of hydrogen-bond donors (Lipinski definition) is 0. The summed E-state index contributed by atoms with van der Waals surface area (Å²) >= 11 is 1.57. The van der Waals surface area contributed by atoms with Crippen molar-refractivity contribution in [1.82, 2.24) is 29.7 Å². The fourth-order valence-corrected chi connectivity index (χ4v) is 4.26. The molecule has 2 aliphatic rings. The highest BCUT2D eigenvalue weighted by Crippen LogP contribution is 2.21. The van der Waals surface area contributed by atoms with Crippen LogP contribution in [0, 0.1) is 0 Å². The minimum Gasteiger partial charge on any atom is -0.340 e. The predicted molar refractivity (Wildman–Crippen MR) is 108 cm³/mol. The minimum atomic E-state index is -0.288. The molecular formula is C19H24N6O4S. The van der Waals surface area contributed by atoms with Crippen molar-refractivity contribution < 1.29 is 18.9 Å². The van der Waals surface area contributed by atoms with Gasteiger partial charge in [0, 0.05) is 46.2 Å². The Morgan fingerprint density at radius 3 is 2.70 bits per heavy atom. The Balaban J connectivity index is 1.18. The van der Waals surface area contributed by atoms with Crippen LogP contribution in [0.15, 0.2) is 22.0 Å². The van der Waals surface area contributed by atoms with Crippen molar-refractivity contribution in [2.75, 3.05) is 46.3 Å². The molecule has 0 aromatic carbocycles. The van der Waals surface area contributed by atoms with Gasteiger partial charge in [0.05, 0.1) is 11.4 Å². The van der Waals surface area contributed by atoms with Crippen molar-refractivity contribution in [3.05, 3.63) is 23.4 Å². The number of rotatable bonds is 7. The first-order chi connectivity index (χ1) is 14.5. The number of hydrogen-bond acceptors (Lipinski definition) is 8. The summed E-state index contributed by atoms with van der Waals surface area (Å²) < 4.78 is 5.35. The Labute approximate surface area is 178 Å². The molecule has 2 fully saturated rings. The van der Waals surface area contributed by atoms with Crippen LogP contribution in [0.25, 0.3) is 10.7 Å². The quantitative estimate of drug-likeness (QED) is 0.604. The van der Waals surface area contributed by atoms with Crippen molar-refractivity contribution >= 4 is 29.2 Å². The molecule has 0 unspecified atom stereocenters. The van der Waals surface area contributed by atoms with E-state index in [1.807, 2.05) is 22.4 Å². The molecule has 0 saturated carbocycles. The molecule has 0 aliphatic carbocycles. The van der Waals surface area contributed by atoms with E-state index in [1.165, 1.54) is 9.80 Å². The van der Waals surface area contributed by atoms with E-state index in [4.69, 9.17) is 4.52 Å². The van der Waals surface area contributed by atoms with Gasteiger partial charge in [0.2, 0.25) is 23.5 Å². The van der Waals surface area contributed by atoms with Crippen LogP contribution >= 0.6 is 11.3 Å². The summed E-state index contributed by atoms with van der Waals surface area (Å²) in [6.07, 6.45) is 0.812. The highest BCUT2D eigenvalue weighted by molar-refractivity contribution is 7.13. The number of carbonyl (C=O) groups is 3. The average Bonchev–Trinajstić information content (AvgIpc) is 3.46. The largest absolute Gasteiger partial charge is 0.340 e. The SMILES string of the molecule is CN1CC(=O)N(CCCC(=O)N2CCN(Cc3nc(-c4cccs4)no3)CC2)C1=O. The van der Waals surface area contributed by atoms with E-state index < -0.39 is 0 Å². The van der Waals surface area contributed by atoms with Gasteiger partial charge in [-0.15, -0.1) is 11.3 Å². The smallest absolute Gasteiger partial charge is 0.326 e. The Kier molecular flexibility index (Phi) is 6.09. The van der Waals surface area contributed by atoms with Crippen molar-refractivity contribution in [1.29, 1.82) is 0 Å². The highest BCUT2D eigenvalue weighted by atomic mass is 32.1. The topological polar surface area (TPSA) is 103 Å². The average molecular weight is 433 g/mol. The molecular weight excluding hydrogens is 408 g/mol. The Morgan fingerprint density at radius 1 is 1.23 bits per heavy atom. The number of nitrogens with zero attached hydrogens (tertiary/aromatic N) is 6. The van der Waals surface area contributed by atoms with Crippen LogP contribution in [0.1, 0.15) is 18.7 Å². The standard InChI is InChI=1S/C19H24N6O4S/c1-22-13-17(27)25(19(22)28)6-2-5-16(26)24-9-7-23(8-10-24)12-15-20-18(21-29-15)14-4-3-11-30-14/h3-4,11H,2,5-10,12-13H2,1H3. The molecule has 2 aliphatic heterocycles. The van der Waals surface area contributed by atoms with Crippen molar-refractivity contribution in [2.24, 2.45) is 0 Å². The van der Waals surface area contributed by atoms with Gasteiger partial charge in [-0.2, -0.15) is 4.98 Å². The van der Waals surface area contributed by atoms with Gasteiger partial charge >= 0.3 is 6.03 Å².